The molecule has 1 aliphatic heterocycles. The van der Waals surface area contributed by atoms with Gasteiger partial charge in [-0.15, -0.1) is 0 Å². The summed E-state index contributed by atoms with van der Waals surface area (Å²) in [5, 5.41) is 11.3. The van der Waals surface area contributed by atoms with E-state index in [1.54, 1.807) is 24.3 Å². The zero-order chi connectivity index (χ0) is 27.9. The number of carbonyl (C=O) groups is 2. The third-order valence-electron chi connectivity index (χ3n) is 6.78. The molecule has 0 radical (unpaired) electrons. The summed E-state index contributed by atoms with van der Waals surface area (Å²) < 4.78 is 11.6. The van der Waals surface area contributed by atoms with E-state index in [9.17, 15) is 14.7 Å². The summed E-state index contributed by atoms with van der Waals surface area (Å²) in [5.41, 5.74) is 3.49. The molecule has 3 aromatic rings. The van der Waals surface area contributed by atoms with Crippen LogP contribution in [0.4, 0.5) is 0 Å². The monoisotopic (exact) mass is 528 g/mol. The molecule has 3 aromatic carbocycles. The molecule has 0 saturated carbocycles. The highest BCUT2D eigenvalue weighted by molar-refractivity contribution is 6.46. The Morgan fingerprint density at radius 2 is 1.56 bits per heavy atom. The number of hydrogen-bond acceptors (Lipinski definition) is 6. The second-order valence-corrected chi connectivity index (χ2v) is 9.95. The van der Waals surface area contributed by atoms with Crippen LogP contribution in [0.5, 0.6) is 11.5 Å². The third kappa shape index (κ3) is 6.49. The van der Waals surface area contributed by atoms with Crippen LogP contribution < -0.4 is 9.47 Å². The van der Waals surface area contributed by atoms with Gasteiger partial charge < -0.3 is 24.4 Å². The first-order valence-electron chi connectivity index (χ1n) is 13.2. The lowest BCUT2D eigenvalue weighted by atomic mass is 9.95. The second kappa shape index (κ2) is 12.6. The lowest BCUT2D eigenvalue weighted by Crippen LogP contribution is -2.35. The number of aliphatic hydroxyl groups is 1. The number of likely N-dealkylation sites (tertiary alicyclic amines) is 1. The molecule has 1 unspecified atom stereocenters. The van der Waals surface area contributed by atoms with E-state index >= 15 is 0 Å². The average molecular weight is 529 g/mol. The fourth-order valence-electron chi connectivity index (χ4n) is 4.53. The Bertz CT molecular complexity index is 1330. The number of ether oxygens (including phenoxy) is 2. The van der Waals surface area contributed by atoms with Crippen molar-refractivity contribution < 1.29 is 24.2 Å². The van der Waals surface area contributed by atoms with Crippen LogP contribution in [0.2, 0.25) is 0 Å². The Balaban J connectivity index is 1.64. The summed E-state index contributed by atoms with van der Waals surface area (Å²) >= 11 is 0. The van der Waals surface area contributed by atoms with Crippen LogP contribution in [0.25, 0.3) is 5.76 Å². The Kier molecular flexibility index (Phi) is 9.04. The highest BCUT2D eigenvalue weighted by Gasteiger charge is 2.45. The molecule has 0 spiro atoms. The molecule has 1 N–H and O–H groups in total. The van der Waals surface area contributed by atoms with E-state index in [4.69, 9.17) is 9.47 Å². The minimum atomic E-state index is -0.706. The number of amides is 1. The summed E-state index contributed by atoms with van der Waals surface area (Å²) in [6.07, 6.45) is 0.891. The van der Waals surface area contributed by atoms with Crippen molar-refractivity contribution in [3.05, 3.63) is 101 Å². The van der Waals surface area contributed by atoms with Gasteiger partial charge >= 0.3 is 0 Å². The van der Waals surface area contributed by atoms with Gasteiger partial charge in [-0.2, -0.15) is 0 Å². The van der Waals surface area contributed by atoms with Crippen LogP contribution in [-0.2, 0) is 16.2 Å². The summed E-state index contributed by atoms with van der Waals surface area (Å²) in [5.74, 6) is -0.162. The predicted octanol–water partition coefficient (Wildman–Crippen LogP) is 5.35. The first-order valence-corrected chi connectivity index (χ1v) is 13.2. The van der Waals surface area contributed by atoms with Crippen LogP contribution in [0.3, 0.4) is 0 Å². The third-order valence-corrected chi connectivity index (χ3v) is 6.78. The molecule has 1 amide bonds. The lowest BCUT2D eigenvalue weighted by molar-refractivity contribution is -0.140. The number of nitrogens with zero attached hydrogens (tertiary/aromatic N) is 2. The molecule has 204 valence electrons. The van der Waals surface area contributed by atoms with Gasteiger partial charge in [0.25, 0.3) is 11.7 Å². The van der Waals surface area contributed by atoms with Crippen molar-refractivity contribution in [2.24, 2.45) is 0 Å². The Morgan fingerprint density at radius 1 is 0.923 bits per heavy atom. The molecule has 1 aliphatic rings. The Hall–Kier alpha value is -4.10. The van der Waals surface area contributed by atoms with E-state index in [-0.39, 0.29) is 11.3 Å². The number of hydrogen-bond donors (Lipinski definition) is 1. The van der Waals surface area contributed by atoms with Gasteiger partial charge in [-0.25, -0.2) is 0 Å². The fourth-order valence-corrected chi connectivity index (χ4v) is 4.53. The number of benzene rings is 3. The number of rotatable bonds is 11. The minimum absolute atomic E-state index is 0.0783. The molecular formula is C32H36N2O5. The summed E-state index contributed by atoms with van der Waals surface area (Å²) in [6.45, 7) is 6.02. The number of aryl methyl sites for hydroxylation is 1. The number of Topliss-reactive ketones (excluding diaryl/α,β-unsaturated/α-hetero) is 1. The van der Waals surface area contributed by atoms with Gasteiger partial charge in [-0.05, 0) is 80.5 Å². The molecule has 1 saturated heterocycles. The molecule has 1 atom stereocenters. The van der Waals surface area contributed by atoms with Crippen molar-refractivity contribution >= 4 is 17.4 Å². The predicted molar refractivity (Wildman–Crippen MR) is 152 cm³/mol. The van der Waals surface area contributed by atoms with Gasteiger partial charge in [-0.1, -0.05) is 43.3 Å². The summed E-state index contributed by atoms with van der Waals surface area (Å²) in [4.78, 5) is 29.9. The van der Waals surface area contributed by atoms with E-state index in [0.717, 1.165) is 23.1 Å². The average Bonchev–Trinajstić information content (AvgIpc) is 3.19. The summed E-state index contributed by atoms with van der Waals surface area (Å²) in [7, 11) is 3.82. The normalized spacial score (nSPS) is 16.6. The minimum Gasteiger partial charge on any atom is -0.507 e. The van der Waals surface area contributed by atoms with Crippen molar-refractivity contribution in [1.29, 1.82) is 0 Å². The maximum atomic E-state index is 13.3. The quantitative estimate of drug-likeness (QED) is 0.205. The maximum absolute atomic E-state index is 13.3. The topological polar surface area (TPSA) is 79.3 Å². The smallest absolute Gasteiger partial charge is 0.295 e. The second-order valence-electron chi connectivity index (χ2n) is 9.95. The fraction of sp³-hybridized carbons (Fsp3) is 0.312. The van der Waals surface area contributed by atoms with Crippen LogP contribution in [-0.4, -0.2) is 60.4 Å². The van der Waals surface area contributed by atoms with Crippen molar-refractivity contribution in [3.63, 3.8) is 0 Å². The van der Waals surface area contributed by atoms with Crippen molar-refractivity contribution in [2.45, 2.75) is 32.9 Å². The van der Waals surface area contributed by atoms with Crippen LogP contribution in [0.15, 0.2) is 78.4 Å². The molecule has 4 rings (SSSR count). The van der Waals surface area contributed by atoms with E-state index in [0.29, 0.717) is 43.4 Å². The first-order chi connectivity index (χ1) is 18.8. The zero-order valence-corrected chi connectivity index (χ0v) is 23.0. The van der Waals surface area contributed by atoms with Crippen molar-refractivity contribution in [2.75, 3.05) is 33.8 Å². The van der Waals surface area contributed by atoms with Crippen LogP contribution in [0, 0.1) is 6.92 Å². The SMILES string of the molecule is CCCOc1ccc(C2C(=C(O)c3ccc(OCc4ccccc4C)cc3)C(=O)C(=O)N2CCN(C)C)cc1. The van der Waals surface area contributed by atoms with Gasteiger partial charge in [0.2, 0.25) is 0 Å². The zero-order valence-electron chi connectivity index (χ0n) is 23.0. The van der Waals surface area contributed by atoms with E-state index in [1.807, 2.05) is 81.4 Å². The lowest BCUT2D eigenvalue weighted by Gasteiger charge is -2.26. The number of likely N-dealkylation sites (N-methyl/N-ethyl adjacent to an activating group) is 1. The van der Waals surface area contributed by atoms with Gasteiger partial charge in [0.05, 0.1) is 18.2 Å². The van der Waals surface area contributed by atoms with E-state index < -0.39 is 17.7 Å². The standard InChI is InChI=1S/C32H36N2O5/c1-5-20-38-26-14-10-23(11-15-26)29-28(31(36)32(37)34(29)19-18-33(3)4)30(35)24-12-16-27(17-13-24)39-21-25-9-7-6-8-22(25)2/h6-17,29,35H,5,18-21H2,1-4H3. The number of ketones is 1. The number of aliphatic hydroxyl groups excluding tert-OH is 1. The molecule has 1 heterocycles. The van der Waals surface area contributed by atoms with Gasteiger partial charge in [0.1, 0.15) is 23.9 Å². The Labute approximate surface area is 230 Å². The van der Waals surface area contributed by atoms with E-state index in [2.05, 4.69) is 0 Å². The molecular weight excluding hydrogens is 492 g/mol. The van der Waals surface area contributed by atoms with Gasteiger partial charge in [0.15, 0.2) is 0 Å². The maximum Gasteiger partial charge on any atom is 0.295 e. The van der Waals surface area contributed by atoms with E-state index in [1.165, 1.54) is 4.90 Å². The van der Waals surface area contributed by atoms with Crippen LogP contribution in [0.1, 0.15) is 41.6 Å². The van der Waals surface area contributed by atoms with Crippen molar-refractivity contribution in [1.82, 2.24) is 9.80 Å². The first kappa shape index (κ1) is 27.9. The molecule has 7 heteroatoms. The largest absolute Gasteiger partial charge is 0.507 e. The highest BCUT2D eigenvalue weighted by atomic mass is 16.5. The van der Waals surface area contributed by atoms with Gasteiger partial charge in [-0.3, -0.25) is 9.59 Å². The molecule has 7 nitrogen and oxygen atoms in total. The number of carbonyl (C=O) groups excluding carboxylic acids is 2. The van der Waals surface area contributed by atoms with Gasteiger partial charge in [0, 0.05) is 18.7 Å². The van der Waals surface area contributed by atoms with Crippen LogP contribution >= 0.6 is 0 Å². The van der Waals surface area contributed by atoms with Crippen molar-refractivity contribution in [3.8, 4) is 11.5 Å². The highest BCUT2D eigenvalue weighted by Crippen LogP contribution is 2.40. The molecule has 0 bridgehead atoms. The molecule has 0 aromatic heterocycles. The molecule has 0 aliphatic carbocycles. The summed E-state index contributed by atoms with van der Waals surface area (Å²) in [6, 6.07) is 21.6. The Morgan fingerprint density at radius 3 is 2.21 bits per heavy atom. The molecule has 1 fully saturated rings. The molecule has 39 heavy (non-hydrogen) atoms.